The molecule has 0 radical (unpaired) electrons. The third kappa shape index (κ3) is 4.58. The minimum absolute atomic E-state index is 0.276. The van der Waals surface area contributed by atoms with Crippen LogP contribution in [-0.4, -0.2) is 52.7 Å². The van der Waals surface area contributed by atoms with Crippen molar-refractivity contribution in [1.29, 1.82) is 0 Å². The summed E-state index contributed by atoms with van der Waals surface area (Å²) >= 11 is 0. The number of urea groups is 1. The Hall–Kier alpha value is -3.72. The number of nitrogens with one attached hydrogen (secondary N) is 2. The Morgan fingerprint density at radius 3 is 2.64 bits per heavy atom. The molecule has 2 atom stereocenters. The van der Waals surface area contributed by atoms with Crippen LogP contribution in [0.5, 0.6) is 0 Å². The second-order valence-electron chi connectivity index (χ2n) is 8.59. The van der Waals surface area contributed by atoms with E-state index in [1.165, 1.54) is 0 Å². The molecule has 9 nitrogen and oxygen atoms in total. The summed E-state index contributed by atoms with van der Waals surface area (Å²) in [6.07, 6.45) is 1.66. The molecule has 0 saturated carbocycles. The molecule has 0 aromatic heterocycles. The van der Waals surface area contributed by atoms with Gasteiger partial charge in [-0.1, -0.05) is 42.5 Å². The van der Waals surface area contributed by atoms with Crippen molar-refractivity contribution in [2.24, 2.45) is 5.73 Å². The van der Waals surface area contributed by atoms with Gasteiger partial charge in [0.25, 0.3) is 5.91 Å². The van der Waals surface area contributed by atoms with Gasteiger partial charge in [-0.3, -0.25) is 24.2 Å². The average Bonchev–Trinajstić information content (AvgIpc) is 3.33. The Morgan fingerprint density at radius 1 is 1.15 bits per heavy atom. The molecule has 2 heterocycles. The maximum atomic E-state index is 13.0. The zero-order valence-corrected chi connectivity index (χ0v) is 18.4. The van der Waals surface area contributed by atoms with Gasteiger partial charge in [-0.2, -0.15) is 0 Å². The number of carbonyl (C=O) groups is 4. The number of benzene rings is 2. The fourth-order valence-corrected chi connectivity index (χ4v) is 4.47. The Bertz CT molecular complexity index is 1090. The summed E-state index contributed by atoms with van der Waals surface area (Å²) in [5.41, 5.74) is 6.39. The number of imide groups is 1. The highest BCUT2D eigenvalue weighted by molar-refractivity contribution is 6.10. The zero-order chi connectivity index (χ0) is 23.6. The standard InChI is InChI=1S/C24H27N5O4/c1-24(17-8-3-2-4-9-17)22(32)29(23(33)27-24)15-20(30)26-18-10-5-7-16(13-18)14-28-12-6-11-19(28)21(25)31/h2-5,7-10,13,19H,6,11-12,14-15H2,1H3,(H2,25,31)(H,26,30)(H,27,33). The maximum Gasteiger partial charge on any atom is 0.325 e. The third-order valence-corrected chi connectivity index (χ3v) is 6.22. The monoisotopic (exact) mass is 449 g/mol. The first-order valence-corrected chi connectivity index (χ1v) is 10.9. The Labute approximate surface area is 191 Å². The third-order valence-electron chi connectivity index (χ3n) is 6.22. The fraction of sp³-hybridized carbons (Fsp3) is 0.333. The molecule has 172 valence electrons. The molecule has 33 heavy (non-hydrogen) atoms. The number of likely N-dealkylation sites (tertiary alicyclic amines) is 1. The van der Waals surface area contributed by atoms with Gasteiger partial charge in [0.15, 0.2) is 0 Å². The molecular weight excluding hydrogens is 422 g/mol. The van der Waals surface area contributed by atoms with Gasteiger partial charge < -0.3 is 16.4 Å². The lowest BCUT2D eigenvalue weighted by Gasteiger charge is -2.22. The lowest BCUT2D eigenvalue weighted by atomic mass is 9.92. The number of anilines is 1. The lowest BCUT2D eigenvalue weighted by molar-refractivity contribution is -0.133. The number of primary amides is 1. The smallest absolute Gasteiger partial charge is 0.325 e. The average molecular weight is 450 g/mol. The summed E-state index contributed by atoms with van der Waals surface area (Å²) in [7, 11) is 0. The van der Waals surface area contributed by atoms with Crippen molar-refractivity contribution in [1.82, 2.24) is 15.1 Å². The molecule has 9 heteroatoms. The Kier molecular flexibility index (Phi) is 6.15. The molecule has 4 rings (SSSR count). The normalized spacial score (nSPS) is 22.9. The van der Waals surface area contributed by atoms with Gasteiger partial charge in [-0.25, -0.2) is 4.79 Å². The van der Waals surface area contributed by atoms with Crippen molar-refractivity contribution in [2.45, 2.75) is 37.9 Å². The van der Waals surface area contributed by atoms with Gasteiger partial charge in [0.05, 0.1) is 6.04 Å². The molecule has 2 fully saturated rings. The van der Waals surface area contributed by atoms with E-state index < -0.39 is 29.9 Å². The Morgan fingerprint density at radius 2 is 1.91 bits per heavy atom. The van der Waals surface area contributed by atoms with Crippen LogP contribution in [0.2, 0.25) is 0 Å². The minimum Gasteiger partial charge on any atom is -0.368 e. The molecule has 5 amide bonds. The number of carbonyl (C=O) groups excluding carboxylic acids is 4. The summed E-state index contributed by atoms with van der Waals surface area (Å²) in [6.45, 7) is 2.56. The molecule has 2 aliphatic rings. The van der Waals surface area contributed by atoms with E-state index in [0.29, 0.717) is 17.8 Å². The van der Waals surface area contributed by atoms with Crippen LogP contribution in [0.25, 0.3) is 0 Å². The highest BCUT2D eigenvalue weighted by atomic mass is 16.2. The predicted molar refractivity (Wildman–Crippen MR) is 122 cm³/mol. The van der Waals surface area contributed by atoms with Crippen LogP contribution in [0.4, 0.5) is 10.5 Å². The first-order chi connectivity index (χ1) is 15.8. The second-order valence-corrected chi connectivity index (χ2v) is 8.59. The van der Waals surface area contributed by atoms with E-state index >= 15 is 0 Å². The number of rotatable bonds is 7. The van der Waals surface area contributed by atoms with Crippen molar-refractivity contribution >= 4 is 29.4 Å². The summed E-state index contributed by atoms with van der Waals surface area (Å²) in [4.78, 5) is 52.7. The van der Waals surface area contributed by atoms with Crippen molar-refractivity contribution < 1.29 is 19.2 Å². The number of hydrogen-bond acceptors (Lipinski definition) is 5. The largest absolute Gasteiger partial charge is 0.368 e. The van der Waals surface area contributed by atoms with Crippen molar-refractivity contribution in [2.75, 3.05) is 18.4 Å². The van der Waals surface area contributed by atoms with Gasteiger partial charge >= 0.3 is 6.03 Å². The first-order valence-electron chi connectivity index (χ1n) is 10.9. The van der Waals surface area contributed by atoms with E-state index in [-0.39, 0.29) is 11.9 Å². The molecule has 2 aromatic carbocycles. The molecule has 0 bridgehead atoms. The minimum atomic E-state index is -1.22. The van der Waals surface area contributed by atoms with Gasteiger partial charge in [-0.15, -0.1) is 0 Å². The van der Waals surface area contributed by atoms with Crippen molar-refractivity contribution in [3.8, 4) is 0 Å². The van der Waals surface area contributed by atoms with Crippen LogP contribution in [0.1, 0.15) is 30.9 Å². The molecule has 0 spiro atoms. The molecule has 2 unspecified atom stereocenters. The van der Waals surface area contributed by atoms with E-state index in [2.05, 4.69) is 10.6 Å². The topological polar surface area (TPSA) is 125 Å². The van der Waals surface area contributed by atoms with Crippen LogP contribution in [0, 0.1) is 0 Å². The highest BCUT2D eigenvalue weighted by Gasteiger charge is 2.49. The lowest BCUT2D eigenvalue weighted by Crippen LogP contribution is -2.42. The van der Waals surface area contributed by atoms with Crippen LogP contribution in [0.3, 0.4) is 0 Å². The number of amides is 5. The summed E-state index contributed by atoms with van der Waals surface area (Å²) in [5, 5.41) is 5.45. The van der Waals surface area contributed by atoms with E-state index in [4.69, 9.17) is 5.73 Å². The molecule has 4 N–H and O–H groups in total. The number of hydrogen-bond donors (Lipinski definition) is 3. The highest BCUT2D eigenvalue weighted by Crippen LogP contribution is 2.28. The maximum absolute atomic E-state index is 13.0. The first kappa shape index (κ1) is 22.5. The summed E-state index contributed by atoms with van der Waals surface area (Å²) < 4.78 is 0. The SMILES string of the molecule is CC1(c2ccccc2)NC(=O)N(CC(=O)Nc2cccc(CN3CCCC3C(N)=O)c2)C1=O. The van der Waals surface area contributed by atoms with Crippen molar-refractivity contribution in [3.05, 3.63) is 65.7 Å². The predicted octanol–water partition coefficient (Wildman–Crippen LogP) is 1.54. The van der Waals surface area contributed by atoms with Crippen LogP contribution in [0.15, 0.2) is 54.6 Å². The van der Waals surface area contributed by atoms with Crippen LogP contribution in [-0.2, 0) is 26.5 Å². The van der Waals surface area contributed by atoms with Gasteiger partial charge in [-0.05, 0) is 49.6 Å². The molecule has 2 aliphatic heterocycles. The van der Waals surface area contributed by atoms with E-state index in [1.807, 2.05) is 23.1 Å². The molecule has 2 aromatic rings. The quantitative estimate of drug-likeness (QED) is 0.553. The molecular formula is C24H27N5O4. The molecule has 0 aliphatic carbocycles. The molecule has 2 saturated heterocycles. The van der Waals surface area contributed by atoms with Crippen LogP contribution < -0.4 is 16.4 Å². The number of nitrogens with zero attached hydrogens (tertiary/aromatic N) is 2. The van der Waals surface area contributed by atoms with Gasteiger partial charge in [0, 0.05) is 12.2 Å². The second kappa shape index (κ2) is 9.03. The van der Waals surface area contributed by atoms with E-state index in [1.54, 1.807) is 43.3 Å². The van der Waals surface area contributed by atoms with Gasteiger partial charge in [0.2, 0.25) is 11.8 Å². The van der Waals surface area contributed by atoms with E-state index in [9.17, 15) is 19.2 Å². The summed E-state index contributed by atoms with van der Waals surface area (Å²) in [5.74, 6) is -1.29. The van der Waals surface area contributed by atoms with E-state index in [0.717, 1.165) is 29.8 Å². The van der Waals surface area contributed by atoms with Crippen LogP contribution >= 0.6 is 0 Å². The van der Waals surface area contributed by atoms with Gasteiger partial charge in [0.1, 0.15) is 12.1 Å². The zero-order valence-electron chi connectivity index (χ0n) is 18.4. The summed E-state index contributed by atoms with van der Waals surface area (Å²) in [6, 6.07) is 15.3. The number of nitrogens with two attached hydrogens (primary N) is 1. The Balaban J connectivity index is 1.40. The van der Waals surface area contributed by atoms with Crippen molar-refractivity contribution in [3.63, 3.8) is 0 Å². The fourth-order valence-electron chi connectivity index (χ4n) is 4.47.